The number of nitrogens with two attached hydrogens (primary N) is 1. The van der Waals surface area contributed by atoms with E-state index in [1.165, 1.54) is 26.0 Å². The second-order valence-corrected chi connectivity index (χ2v) is 6.84. The minimum atomic E-state index is -3.50. The Morgan fingerprint density at radius 2 is 1.95 bits per heavy atom. The van der Waals surface area contributed by atoms with Crippen LogP contribution in [0.5, 0.6) is 0 Å². The third kappa shape index (κ3) is 2.84. The van der Waals surface area contributed by atoms with Crippen LogP contribution in [0.3, 0.4) is 0 Å². The standard InChI is InChI=1S/C13H21N3O2S/c1-15-19(17,18)13-9-10(14)7-8-12(13)16(2)11-5-3-4-6-11/h7-9,11,15H,3-6,14H2,1-2H3. The number of nitrogen functional groups attached to an aromatic ring is 1. The van der Waals surface area contributed by atoms with Gasteiger partial charge in [0.25, 0.3) is 0 Å². The van der Waals surface area contributed by atoms with Crippen molar-refractivity contribution in [3.8, 4) is 0 Å². The number of benzene rings is 1. The highest BCUT2D eigenvalue weighted by atomic mass is 32.2. The Labute approximate surface area is 114 Å². The van der Waals surface area contributed by atoms with Crippen molar-refractivity contribution < 1.29 is 8.42 Å². The predicted molar refractivity (Wildman–Crippen MR) is 77.8 cm³/mol. The molecule has 0 amide bonds. The van der Waals surface area contributed by atoms with Gasteiger partial charge in [-0.1, -0.05) is 12.8 Å². The fourth-order valence-electron chi connectivity index (χ4n) is 2.64. The highest BCUT2D eigenvalue weighted by Crippen LogP contribution is 2.32. The summed E-state index contributed by atoms with van der Waals surface area (Å²) in [5.41, 5.74) is 6.90. The molecule has 6 heteroatoms. The first-order valence-corrected chi connectivity index (χ1v) is 8.00. The van der Waals surface area contributed by atoms with Gasteiger partial charge in [-0.05, 0) is 38.1 Å². The molecule has 1 aliphatic carbocycles. The fraction of sp³-hybridized carbons (Fsp3) is 0.538. The summed E-state index contributed by atoms with van der Waals surface area (Å²) in [6.45, 7) is 0. The molecule has 0 bridgehead atoms. The second-order valence-electron chi connectivity index (χ2n) is 4.98. The highest BCUT2D eigenvalue weighted by molar-refractivity contribution is 7.89. The van der Waals surface area contributed by atoms with Crippen molar-refractivity contribution in [2.75, 3.05) is 24.7 Å². The zero-order valence-electron chi connectivity index (χ0n) is 11.4. The van der Waals surface area contributed by atoms with Crippen LogP contribution in [-0.2, 0) is 10.0 Å². The van der Waals surface area contributed by atoms with Crippen LogP contribution >= 0.6 is 0 Å². The van der Waals surface area contributed by atoms with Gasteiger partial charge in [-0.15, -0.1) is 0 Å². The first kappa shape index (κ1) is 14.1. The molecule has 1 fully saturated rings. The molecular weight excluding hydrogens is 262 g/mol. The van der Waals surface area contributed by atoms with Gasteiger partial charge in [0.15, 0.2) is 0 Å². The number of nitrogens with zero attached hydrogens (tertiary/aromatic N) is 1. The quantitative estimate of drug-likeness (QED) is 0.822. The summed E-state index contributed by atoms with van der Waals surface area (Å²) in [6.07, 6.45) is 4.63. The molecule has 0 radical (unpaired) electrons. The number of anilines is 2. The topological polar surface area (TPSA) is 75.4 Å². The van der Waals surface area contributed by atoms with Gasteiger partial charge in [0, 0.05) is 18.8 Å². The average Bonchev–Trinajstić information content (AvgIpc) is 2.91. The molecular formula is C13H21N3O2S. The molecule has 3 N–H and O–H groups in total. The van der Waals surface area contributed by atoms with Crippen LogP contribution in [0.2, 0.25) is 0 Å². The predicted octanol–water partition coefficient (Wildman–Crippen LogP) is 1.56. The SMILES string of the molecule is CNS(=O)(=O)c1cc(N)ccc1N(C)C1CCCC1. The zero-order chi connectivity index (χ0) is 14.0. The maximum atomic E-state index is 12.1. The van der Waals surface area contributed by atoms with E-state index in [2.05, 4.69) is 9.62 Å². The normalized spacial score (nSPS) is 16.7. The maximum absolute atomic E-state index is 12.1. The summed E-state index contributed by atoms with van der Waals surface area (Å²) in [7, 11) is -0.128. The molecule has 1 saturated carbocycles. The third-order valence-electron chi connectivity index (χ3n) is 3.79. The molecule has 0 spiro atoms. The molecule has 0 unspecified atom stereocenters. The Bertz CT molecular complexity index is 551. The van der Waals surface area contributed by atoms with E-state index in [1.54, 1.807) is 12.1 Å². The lowest BCUT2D eigenvalue weighted by Crippen LogP contribution is -2.31. The van der Waals surface area contributed by atoms with Crippen molar-refractivity contribution in [2.24, 2.45) is 0 Å². The van der Waals surface area contributed by atoms with E-state index >= 15 is 0 Å². The van der Waals surface area contributed by atoms with E-state index in [0.29, 0.717) is 11.7 Å². The summed E-state index contributed by atoms with van der Waals surface area (Å²) < 4.78 is 26.6. The molecule has 0 atom stereocenters. The summed E-state index contributed by atoms with van der Waals surface area (Å²) in [5, 5.41) is 0. The van der Waals surface area contributed by atoms with Gasteiger partial charge in [-0.2, -0.15) is 0 Å². The van der Waals surface area contributed by atoms with Gasteiger partial charge in [0.2, 0.25) is 10.0 Å². The second kappa shape index (κ2) is 5.38. The van der Waals surface area contributed by atoms with E-state index in [9.17, 15) is 8.42 Å². The van der Waals surface area contributed by atoms with Crippen molar-refractivity contribution in [1.82, 2.24) is 4.72 Å². The van der Waals surface area contributed by atoms with E-state index in [-0.39, 0.29) is 4.90 Å². The lowest BCUT2D eigenvalue weighted by molar-refractivity contribution is 0.586. The van der Waals surface area contributed by atoms with Crippen LogP contribution < -0.4 is 15.4 Å². The van der Waals surface area contributed by atoms with Crippen molar-refractivity contribution in [2.45, 2.75) is 36.6 Å². The first-order valence-electron chi connectivity index (χ1n) is 6.51. The zero-order valence-corrected chi connectivity index (χ0v) is 12.2. The van der Waals surface area contributed by atoms with Crippen LogP contribution in [0.4, 0.5) is 11.4 Å². The molecule has 0 saturated heterocycles. The Kier molecular flexibility index (Phi) is 4.01. The smallest absolute Gasteiger partial charge is 0.242 e. The average molecular weight is 283 g/mol. The molecule has 0 aliphatic heterocycles. The fourth-order valence-corrected chi connectivity index (χ4v) is 3.63. The molecule has 1 aliphatic rings. The molecule has 1 aromatic rings. The van der Waals surface area contributed by atoms with Crippen molar-refractivity contribution in [3.63, 3.8) is 0 Å². The van der Waals surface area contributed by atoms with Gasteiger partial charge < -0.3 is 10.6 Å². The molecule has 0 heterocycles. The summed E-state index contributed by atoms with van der Waals surface area (Å²) in [5.74, 6) is 0. The molecule has 0 aromatic heterocycles. The number of hydrogen-bond acceptors (Lipinski definition) is 4. The van der Waals surface area contributed by atoms with Crippen LogP contribution in [0.25, 0.3) is 0 Å². The minimum Gasteiger partial charge on any atom is -0.399 e. The van der Waals surface area contributed by atoms with Gasteiger partial charge in [0.1, 0.15) is 4.90 Å². The molecule has 1 aromatic carbocycles. The number of rotatable bonds is 4. The third-order valence-corrected chi connectivity index (χ3v) is 5.24. The van der Waals surface area contributed by atoms with E-state index in [0.717, 1.165) is 18.5 Å². The molecule has 5 nitrogen and oxygen atoms in total. The lowest BCUT2D eigenvalue weighted by atomic mass is 10.2. The van der Waals surface area contributed by atoms with E-state index in [1.807, 2.05) is 7.05 Å². The number of sulfonamides is 1. The minimum absolute atomic E-state index is 0.254. The highest BCUT2D eigenvalue weighted by Gasteiger charge is 2.25. The van der Waals surface area contributed by atoms with Gasteiger partial charge in [-0.25, -0.2) is 13.1 Å². The molecule has 19 heavy (non-hydrogen) atoms. The largest absolute Gasteiger partial charge is 0.399 e. The summed E-state index contributed by atoms with van der Waals surface area (Å²) in [4.78, 5) is 2.32. The van der Waals surface area contributed by atoms with Crippen LogP contribution in [0.15, 0.2) is 23.1 Å². The van der Waals surface area contributed by atoms with E-state index in [4.69, 9.17) is 5.73 Å². The Hall–Kier alpha value is -1.27. The van der Waals surface area contributed by atoms with E-state index < -0.39 is 10.0 Å². The molecule has 2 rings (SSSR count). The van der Waals surface area contributed by atoms with Crippen LogP contribution in [0, 0.1) is 0 Å². The van der Waals surface area contributed by atoms with Crippen molar-refractivity contribution in [1.29, 1.82) is 0 Å². The van der Waals surface area contributed by atoms with Crippen LogP contribution in [-0.4, -0.2) is 28.6 Å². The van der Waals surface area contributed by atoms with Gasteiger partial charge >= 0.3 is 0 Å². The van der Waals surface area contributed by atoms with Gasteiger partial charge in [-0.3, -0.25) is 0 Å². The monoisotopic (exact) mass is 283 g/mol. The first-order chi connectivity index (χ1) is 8.95. The van der Waals surface area contributed by atoms with Crippen molar-refractivity contribution in [3.05, 3.63) is 18.2 Å². The van der Waals surface area contributed by atoms with Crippen molar-refractivity contribution >= 4 is 21.4 Å². The summed E-state index contributed by atoms with van der Waals surface area (Å²) in [6, 6.07) is 5.47. The van der Waals surface area contributed by atoms with Crippen LogP contribution in [0.1, 0.15) is 25.7 Å². The maximum Gasteiger partial charge on any atom is 0.242 e. The number of hydrogen-bond donors (Lipinski definition) is 2. The lowest BCUT2D eigenvalue weighted by Gasteiger charge is -2.28. The Balaban J connectivity index is 2.45. The van der Waals surface area contributed by atoms with Gasteiger partial charge in [0.05, 0.1) is 5.69 Å². The number of nitrogens with one attached hydrogen (secondary N) is 1. The summed E-state index contributed by atoms with van der Waals surface area (Å²) >= 11 is 0. The molecule has 106 valence electrons. The Morgan fingerprint density at radius 1 is 1.32 bits per heavy atom. The Morgan fingerprint density at radius 3 is 2.53 bits per heavy atom.